The minimum Gasteiger partial charge on any atom is -0.352 e. The Kier molecular flexibility index (Phi) is 5.64. The number of nitrogens with one attached hydrogen (secondary N) is 1. The fourth-order valence-electron chi connectivity index (χ4n) is 2.45. The van der Waals surface area contributed by atoms with Crippen LogP contribution in [0.15, 0.2) is 0 Å². The van der Waals surface area contributed by atoms with Crippen molar-refractivity contribution in [3.63, 3.8) is 0 Å². The number of hydrogen-bond donors (Lipinski definition) is 1. The van der Waals surface area contributed by atoms with Crippen LogP contribution in [0.25, 0.3) is 0 Å². The summed E-state index contributed by atoms with van der Waals surface area (Å²) >= 11 is 0. The second-order valence-electron chi connectivity index (χ2n) is 5.08. The van der Waals surface area contributed by atoms with E-state index in [9.17, 15) is 18.0 Å². The van der Waals surface area contributed by atoms with Crippen molar-refractivity contribution in [2.24, 2.45) is 11.8 Å². The number of alkyl halides is 3. The van der Waals surface area contributed by atoms with Gasteiger partial charge in [-0.25, -0.2) is 0 Å². The molecule has 0 spiro atoms. The van der Waals surface area contributed by atoms with E-state index in [2.05, 4.69) is 5.32 Å². The third-order valence-electron chi connectivity index (χ3n) is 3.68. The third kappa shape index (κ3) is 4.73. The van der Waals surface area contributed by atoms with Crippen LogP contribution in [0.4, 0.5) is 13.2 Å². The first-order chi connectivity index (χ1) is 8.88. The maximum absolute atomic E-state index is 12.7. The zero-order valence-electron chi connectivity index (χ0n) is 11.0. The van der Waals surface area contributed by atoms with Crippen molar-refractivity contribution in [1.29, 1.82) is 5.26 Å². The molecule has 1 aliphatic carbocycles. The van der Waals surface area contributed by atoms with E-state index in [1.807, 2.05) is 13.0 Å². The molecule has 1 rings (SSSR count). The molecule has 0 radical (unpaired) electrons. The van der Waals surface area contributed by atoms with Gasteiger partial charge in [0, 0.05) is 12.0 Å². The van der Waals surface area contributed by atoms with Crippen LogP contribution < -0.4 is 5.32 Å². The Morgan fingerprint density at radius 3 is 2.68 bits per heavy atom. The van der Waals surface area contributed by atoms with Crippen LogP contribution in [-0.2, 0) is 4.79 Å². The quantitative estimate of drug-likeness (QED) is 0.857. The number of rotatable bonds is 4. The maximum atomic E-state index is 12.7. The Hall–Kier alpha value is -1.25. The molecule has 19 heavy (non-hydrogen) atoms. The second kappa shape index (κ2) is 6.78. The molecule has 0 heterocycles. The first kappa shape index (κ1) is 15.8. The molecular weight excluding hydrogens is 257 g/mol. The minimum absolute atomic E-state index is 0.114. The first-order valence-corrected chi connectivity index (χ1v) is 6.62. The summed E-state index contributed by atoms with van der Waals surface area (Å²) in [6.07, 6.45) is -2.50. The highest BCUT2D eigenvalue weighted by atomic mass is 19.4. The van der Waals surface area contributed by atoms with Crippen molar-refractivity contribution in [3.8, 4) is 6.07 Å². The van der Waals surface area contributed by atoms with E-state index in [-0.39, 0.29) is 31.2 Å². The van der Waals surface area contributed by atoms with Crippen LogP contribution in [0.3, 0.4) is 0 Å². The molecule has 3 atom stereocenters. The van der Waals surface area contributed by atoms with Gasteiger partial charge >= 0.3 is 6.18 Å². The highest BCUT2D eigenvalue weighted by Gasteiger charge is 2.43. The molecule has 0 aromatic carbocycles. The van der Waals surface area contributed by atoms with Crippen LogP contribution >= 0.6 is 0 Å². The lowest BCUT2D eigenvalue weighted by Gasteiger charge is -2.30. The number of nitrogens with zero attached hydrogens (tertiary/aromatic N) is 1. The van der Waals surface area contributed by atoms with Gasteiger partial charge < -0.3 is 5.32 Å². The fourth-order valence-corrected chi connectivity index (χ4v) is 2.45. The molecule has 3 unspecified atom stereocenters. The van der Waals surface area contributed by atoms with Gasteiger partial charge in [0.15, 0.2) is 0 Å². The van der Waals surface area contributed by atoms with Gasteiger partial charge in [0.1, 0.15) is 0 Å². The molecule has 3 nitrogen and oxygen atoms in total. The first-order valence-electron chi connectivity index (χ1n) is 6.62. The van der Waals surface area contributed by atoms with Crippen molar-refractivity contribution in [2.45, 2.75) is 57.7 Å². The zero-order chi connectivity index (χ0) is 14.5. The molecule has 1 saturated carbocycles. The molecule has 0 bridgehead atoms. The predicted octanol–water partition coefficient (Wildman–Crippen LogP) is 3.16. The predicted molar refractivity (Wildman–Crippen MR) is 64.0 cm³/mol. The van der Waals surface area contributed by atoms with Crippen LogP contribution in [0.5, 0.6) is 0 Å². The van der Waals surface area contributed by atoms with Crippen LogP contribution in [-0.4, -0.2) is 18.1 Å². The standard InChI is InChI=1S/C13H19F3N2O/c1-2-11(6-7-17)18-12(19)9-4-3-5-10(8-9)13(14,15)16/h9-11H,2-6,8H2,1H3,(H,18,19). The van der Waals surface area contributed by atoms with Gasteiger partial charge in [-0.2, -0.15) is 18.4 Å². The van der Waals surface area contributed by atoms with E-state index in [1.54, 1.807) is 0 Å². The summed E-state index contributed by atoms with van der Waals surface area (Å²) in [6.45, 7) is 1.83. The summed E-state index contributed by atoms with van der Waals surface area (Å²) in [5.74, 6) is -2.28. The maximum Gasteiger partial charge on any atom is 0.391 e. The van der Waals surface area contributed by atoms with Gasteiger partial charge in [-0.1, -0.05) is 13.3 Å². The molecule has 0 aromatic heterocycles. The van der Waals surface area contributed by atoms with E-state index in [0.717, 1.165) is 0 Å². The lowest BCUT2D eigenvalue weighted by molar-refractivity contribution is -0.186. The summed E-state index contributed by atoms with van der Waals surface area (Å²) in [5.41, 5.74) is 0. The normalized spacial score (nSPS) is 25.4. The van der Waals surface area contributed by atoms with Gasteiger partial charge in [-0.3, -0.25) is 4.79 Å². The van der Waals surface area contributed by atoms with Gasteiger partial charge in [0.2, 0.25) is 5.91 Å². The van der Waals surface area contributed by atoms with Crippen molar-refractivity contribution in [3.05, 3.63) is 0 Å². The fraction of sp³-hybridized carbons (Fsp3) is 0.846. The van der Waals surface area contributed by atoms with Crippen molar-refractivity contribution in [1.82, 2.24) is 5.32 Å². The van der Waals surface area contributed by atoms with Crippen molar-refractivity contribution >= 4 is 5.91 Å². The van der Waals surface area contributed by atoms with Gasteiger partial charge in [0.25, 0.3) is 0 Å². The Morgan fingerprint density at radius 2 is 2.16 bits per heavy atom. The molecule has 1 aliphatic rings. The summed E-state index contributed by atoms with van der Waals surface area (Å²) < 4.78 is 38.0. The van der Waals surface area contributed by atoms with Gasteiger partial charge in [0.05, 0.1) is 18.4 Å². The highest BCUT2D eigenvalue weighted by Crippen LogP contribution is 2.39. The molecule has 0 aromatic rings. The smallest absolute Gasteiger partial charge is 0.352 e. The SMILES string of the molecule is CCC(CC#N)NC(=O)C1CCCC(C(F)(F)F)C1. The summed E-state index contributed by atoms with van der Waals surface area (Å²) in [5, 5.41) is 11.3. The van der Waals surface area contributed by atoms with E-state index < -0.39 is 18.0 Å². The van der Waals surface area contributed by atoms with Crippen LogP contribution in [0, 0.1) is 23.2 Å². The van der Waals surface area contributed by atoms with E-state index in [0.29, 0.717) is 19.3 Å². The average molecular weight is 276 g/mol. The molecule has 1 amide bonds. The Bertz CT molecular complexity index is 349. The summed E-state index contributed by atoms with van der Waals surface area (Å²) in [6, 6.07) is 1.70. The number of halogens is 3. The number of nitriles is 1. The van der Waals surface area contributed by atoms with Crippen LogP contribution in [0.1, 0.15) is 45.4 Å². The zero-order valence-corrected chi connectivity index (χ0v) is 11.0. The minimum atomic E-state index is -4.21. The third-order valence-corrected chi connectivity index (χ3v) is 3.68. The summed E-state index contributed by atoms with van der Waals surface area (Å²) in [7, 11) is 0. The Labute approximate surface area is 111 Å². The average Bonchev–Trinajstić information content (AvgIpc) is 2.37. The van der Waals surface area contributed by atoms with E-state index in [1.165, 1.54) is 0 Å². The van der Waals surface area contributed by atoms with Crippen molar-refractivity contribution in [2.75, 3.05) is 0 Å². The summed E-state index contributed by atoms with van der Waals surface area (Å²) in [4.78, 5) is 11.9. The Morgan fingerprint density at radius 1 is 1.47 bits per heavy atom. The molecule has 1 N–H and O–H groups in total. The second-order valence-corrected chi connectivity index (χ2v) is 5.08. The molecule has 0 aliphatic heterocycles. The lowest BCUT2D eigenvalue weighted by atomic mass is 9.80. The highest BCUT2D eigenvalue weighted by molar-refractivity contribution is 5.79. The molecule has 0 saturated heterocycles. The Balaban J connectivity index is 2.55. The number of amides is 1. The van der Waals surface area contributed by atoms with E-state index in [4.69, 9.17) is 5.26 Å². The van der Waals surface area contributed by atoms with Crippen LogP contribution in [0.2, 0.25) is 0 Å². The largest absolute Gasteiger partial charge is 0.391 e. The number of carbonyl (C=O) groups is 1. The monoisotopic (exact) mass is 276 g/mol. The number of carbonyl (C=O) groups excluding carboxylic acids is 1. The molecule has 1 fully saturated rings. The van der Waals surface area contributed by atoms with Gasteiger partial charge in [-0.15, -0.1) is 0 Å². The van der Waals surface area contributed by atoms with E-state index >= 15 is 0 Å². The van der Waals surface area contributed by atoms with Gasteiger partial charge in [-0.05, 0) is 25.7 Å². The topological polar surface area (TPSA) is 52.9 Å². The lowest BCUT2D eigenvalue weighted by Crippen LogP contribution is -2.41. The molecule has 108 valence electrons. The molecular formula is C13H19F3N2O. The van der Waals surface area contributed by atoms with Crippen molar-refractivity contribution < 1.29 is 18.0 Å². The molecule has 6 heteroatoms. The number of hydrogen-bond acceptors (Lipinski definition) is 2.